The van der Waals surface area contributed by atoms with Gasteiger partial charge in [-0.05, 0) is 17.5 Å². The van der Waals surface area contributed by atoms with Crippen LogP contribution >= 0.6 is 0 Å². The Morgan fingerprint density at radius 2 is 1.19 bits per heavy atom. The standard InChI is InChI=1S/C24H30N2/c1-2-3-4-5-9-16-25-17-12-23(13-18-25)24-14-19-26(20-15-24)21-22-10-7-6-8-11-22/h6-8,10-15,17-20H,2-5,9,16,21H2,1H3/q+2. The van der Waals surface area contributed by atoms with Gasteiger partial charge in [0.1, 0.15) is 6.54 Å². The highest BCUT2D eigenvalue weighted by molar-refractivity contribution is 5.60. The summed E-state index contributed by atoms with van der Waals surface area (Å²) in [4.78, 5) is 0. The number of hydrogen-bond donors (Lipinski definition) is 0. The molecule has 0 N–H and O–H groups in total. The molecule has 0 atom stereocenters. The Bertz CT molecular complexity index is 762. The van der Waals surface area contributed by atoms with E-state index in [2.05, 4.69) is 95.4 Å². The van der Waals surface area contributed by atoms with E-state index in [0.29, 0.717) is 0 Å². The molecule has 0 saturated heterocycles. The van der Waals surface area contributed by atoms with Gasteiger partial charge in [-0.3, -0.25) is 0 Å². The third-order valence-electron chi connectivity index (χ3n) is 4.84. The van der Waals surface area contributed by atoms with Crippen LogP contribution < -0.4 is 9.13 Å². The van der Waals surface area contributed by atoms with E-state index in [9.17, 15) is 0 Å². The van der Waals surface area contributed by atoms with Gasteiger partial charge in [0.2, 0.25) is 0 Å². The molecule has 2 heterocycles. The first-order valence-electron chi connectivity index (χ1n) is 9.87. The highest BCUT2D eigenvalue weighted by Gasteiger charge is 2.06. The van der Waals surface area contributed by atoms with Crippen molar-refractivity contribution in [3.63, 3.8) is 0 Å². The molecule has 0 aliphatic carbocycles. The molecule has 0 unspecified atom stereocenters. The number of aromatic nitrogens is 2. The van der Waals surface area contributed by atoms with Crippen molar-refractivity contribution in [3.05, 3.63) is 84.9 Å². The minimum Gasteiger partial charge on any atom is -0.205 e. The number of hydrogen-bond acceptors (Lipinski definition) is 0. The third-order valence-corrected chi connectivity index (χ3v) is 4.84. The van der Waals surface area contributed by atoms with Gasteiger partial charge >= 0.3 is 0 Å². The molecule has 134 valence electrons. The van der Waals surface area contributed by atoms with Gasteiger partial charge < -0.3 is 0 Å². The number of benzene rings is 1. The highest BCUT2D eigenvalue weighted by Crippen LogP contribution is 2.15. The van der Waals surface area contributed by atoms with E-state index in [4.69, 9.17) is 0 Å². The number of aryl methyl sites for hydroxylation is 1. The maximum atomic E-state index is 2.30. The van der Waals surface area contributed by atoms with Crippen LogP contribution in [0.5, 0.6) is 0 Å². The van der Waals surface area contributed by atoms with Crippen LogP contribution in [0.2, 0.25) is 0 Å². The van der Waals surface area contributed by atoms with Gasteiger partial charge in [0, 0.05) is 36.2 Å². The summed E-state index contributed by atoms with van der Waals surface area (Å²) in [5, 5.41) is 0. The molecule has 2 nitrogen and oxygen atoms in total. The molecular weight excluding hydrogens is 316 g/mol. The molecule has 0 spiro atoms. The molecule has 0 radical (unpaired) electrons. The van der Waals surface area contributed by atoms with E-state index in [1.54, 1.807) is 0 Å². The summed E-state index contributed by atoms with van der Waals surface area (Å²) in [5.74, 6) is 0. The van der Waals surface area contributed by atoms with Gasteiger partial charge in [0.15, 0.2) is 31.3 Å². The van der Waals surface area contributed by atoms with E-state index in [0.717, 1.165) is 13.1 Å². The van der Waals surface area contributed by atoms with Crippen molar-refractivity contribution in [2.75, 3.05) is 0 Å². The van der Waals surface area contributed by atoms with Gasteiger partial charge in [0.05, 0.1) is 0 Å². The molecule has 2 aromatic heterocycles. The van der Waals surface area contributed by atoms with Gasteiger partial charge in [-0.15, -0.1) is 0 Å². The molecule has 3 rings (SSSR count). The monoisotopic (exact) mass is 346 g/mol. The minimum absolute atomic E-state index is 0.911. The zero-order valence-corrected chi connectivity index (χ0v) is 15.8. The number of pyridine rings is 2. The summed E-state index contributed by atoms with van der Waals surface area (Å²) in [7, 11) is 0. The molecule has 0 saturated carbocycles. The fraction of sp³-hybridized carbons (Fsp3) is 0.333. The topological polar surface area (TPSA) is 7.76 Å². The number of unbranched alkanes of at least 4 members (excludes halogenated alkanes) is 4. The SMILES string of the molecule is CCCCCCC[n+]1ccc(-c2cc[n+](Cc3ccccc3)cc2)cc1. The zero-order chi connectivity index (χ0) is 18.0. The maximum Gasteiger partial charge on any atom is 0.173 e. The van der Waals surface area contributed by atoms with Crippen LogP contribution in [0.3, 0.4) is 0 Å². The molecule has 2 heteroatoms. The normalized spacial score (nSPS) is 10.8. The van der Waals surface area contributed by atoms with Crippen LogP contribution in [0.1, 0.15) is 44.6 Å². The Hall–Kier alpha value is -2.48. The van der Waals surface area contributed by atoms with Crippen molar-refractivity contribution in [3.8, 4) is 11.1 Å². The maximum absolute atomic E-state index is 2.30. The van der Waals surface area contributed by atoms with Crippen LogP contribution in [0, 0.1) is 0 Å². The Morgan fingerprint density at radius 3 is 1.81 bits per heavy atom. The fourth-order valence-electron chi connectivity index (χ4n) is 3.25. The smallest absolute Gasteiger partial charge is 0.173 e. The van der Waals surface area contributed by atoms with Crippen molar-refractivity contribution in [1.82, 2.24) is 0 Å². The lowest BCUT2D eigenvalue weighted by molar-refractivity contribution is -0.697. The first-order chi connectivity index (χ1) is 12.8. The van der Waals surface area contributed by atoms with E-state index in [-0.39, 0.29) is 0 Å². The lowest BCUT2D eigenvalue weighted by atomic mass is 10.1. The molecule has 0 aliphatic heterocycles. The first-order valence-corrected chi connectivity index (χ1v) is 9.87. The van der Waals surface area contributed by atoms with Gasteiger partial charge in [-0.25, -0.2) is 9.13 Å². The second-order valence-corrected chi connectivity index (χ2v) is 6.98. The average molecular weight is 347 g/mol. The molecule has 26 heavy (non-hydrogen) atoms. The van der Waals surface area contributed by atoms with Crippen molar-refractivity contribution in [2.45, 2.75) is 52.1 Å². The van der Waals surface area contributed by atoms with Crippen molar-refractivity contribution in [2.24, 2.45) is 0 Å². The summed E-state index contributed by atoms with van der Waals surface area (Å²) in [5.41, 5.74) is 3.87. The summed E-state index contributed by atoms with van der Waals surface area (Å²) >= 11 is 0. The highest BCUT2D eigenvalue weighted by atomic mass is 14.9. The van der Waals surface area contributed by atoms with E-state index < -0.39 is 0 Å². The summed E-state index contributed by atoms with van der Waals surface area (Å²) in [6.45, 7) is 4.30. The predicted octanol–water partition coefficient (Wildman–Crippen LogP) is 4.95. The van der Waals surface area contributed by atoms with Crippen LogP contribution in [0.15, 0.2) is 79.4 Å². The number of rotatable bonds is 9. The molecule has 0 fully saturated rings. The average Bonchev–Trinajstić information content (AvgIpc) is 2.70. The van der Waals surface area contributed by atoms with Crippen molar-refractivity contribution >= 4 is 0 Å². The lowest BCUT2D eigenvalue weighted by Gasteiger charge is -2.02. The molecule has 3 aromatic rings. The van der Waals surface area contributed by atoms with Crippen LogP contribution in [-0.2, 0) is 13.1 Å². The van der Waals surface area contributed by atoms with E-state index >= 15 is 0 Å². The van der Waals surface area contributed by atoms with Crippen LogP contribution in [0.4, 0.5) is 0 Å². The fourth-order valence-corrected chi connectivity index (χ4v) is 3.25. The number of nitrogens with zero attached hydrogens (tertiary/aromatic N) is 2. The molecule has 0 bridgehead atoms. The summed E-state index contributed by atoms with van der Waals surface area (Å²) in [6.07, 6.45) is 15.4. The third kappa shape index (κ3) is 5.52. The Labute approximate surface area is 157 Å². The summed E-state index contributed by atoms with van der Waals surface area (Å²) in [6, 6.07) is 19.4. The zero-order valence-electron chi connectivity index (χ0n) is 15.8. The summed E-state index contributed by atoms with van der Waals surface area (Å²) < 4.78 is 4.52. The second-order valence-electron chi connectivity index (χ2n) is 6.98. The van der Waals surface area contributed by atoms with Crippen molar-refractivity contribution < 1.29 is 9.13 Å². The van der Waals surface area contributed by atoms with E-state index in [1.807, 2.05) is 0 Å². The molecule has 1 aromatic carbocycles. The Balaban J connectivity index is 1.55. The molecular formula is C24H30N2+2. The minimum atomic E-state index is 0.911. The molecule has 0 amide bonds. The predicted molar refractivity (Wildman–Crippen MR) is 107 cm³/mol. The Morgan fingerprint density at radius 1 is 0.615 bits per heavy atom. The largest absolute Gasteiger partial charge is 0.205 e. The van der Waals surface area contributed by atoms with E-state index in [1.165, 1.54) is 48.8 Å². The van der Waals surface area contributed by atoms with Gasteiger partial charge in [0.25, 0.3) is 0 Å². The van der Waals surface area contributed by atoms with Crippen molar-refractivity contribution in [1.29, 1.82) is 0 Å². The quantitative estimate of drug-likeness (QED) is 0.383. The lowest BCUT2D eigenvalue weighted by Crippen LogP contribution is -2.33. The second kappa shape index (κ2) is 9.86. The van der Waals surface area contributed by atoms with Crippen LogP contribution in [-0.4, -0.2) is 0 Å². The first kappa shape index (κ1) is 18.3. The van der Waals surface area contributed by atoms with Gasteiger partial charge in [-0.1, -0.05) is 56.5 Å². The van der Waals surface area contributed by atoms with Crippen LogP contribution in [0.25, 0.3) is 11.1 Å². The van der Waals surface area contributed by atoms with Gasteiger partial charge in [-0.2, -0.15) is 0 Å². The Kier molecular flexibility index (Phi) is 6.95. The molecule has 0 aliphatic rings.